The summed E-state index contributed by atoms with van der Waals surface area (Å²) in [5.74, 6) is 0.201. The molecule has 1 heterocycles. The minimum Gasteiger partial charge on any atom is -0.354 e. The van der Waals surface area contributed by atoms with Crippen molar-refractivity contribution in [2.75, 3.05) is 13.1 Å². The lowest BCUT2D eigenvalue weighted by atomic mass is 9.80. The van der Waals surface area contributed by atoms with E-state index in [9.17, 15) is 4.79 Å². The summed E-state index contributed by atoms with van der Waals surface area (Å²) >= 11 is 0. The minimum atomic E-state index is 0.0418. The molecule has 114 valence electrons. The molecule has 3 rings (SSSR count). The van der Waals surface area contributed by atoms with E-state index < -0.39 is 0 Å². The lowest BCUT2D eigenvalue weighted by Gasteiger charge is -2.30. The summed E-state index contributed by atoms with van der Waals surface area (Å²) in [7, 11) is 0. The Labute approximate surface area is 127 Å². The number of benzene rings is 1. The SMILES string of the molecule is O=C(NCC1(Cc2ccccc2)CCCC1)C1CCCN1. The van der Waals surface area contributed by atoms with Crippen molar-refractivity contribution in [1.29, 1.82) is 0 Å². The van der Waals surface area contributed by atoms with Gasteiger partial charge in [0.1, 0.15) is 0 Å². The molecular weight excluding hydrogens is 260 g/mol. The summed E-state index contributed by atoms with van der Waals surface area (Å²) in [4.78, 5) is 12.2. The van der Waals surface area contributed by atoms with E-state index >= 15 is 0 Å². The van der Waals surface area contributed by atoms with E-state index in [4.69, 9.17) is 0 Å². The number of carbonyl (C=O) groups excluding carboxylic acids is 1. The first kappa shape index (κ1) is 14.6. The topological polar surface area (TPSA) is 41.1 Å². The van der Waals surface area contributed by atoms with Gasteiger partial charge in [-0.25, -0.2) is 0 Å². The quantitative estimate of drug-likeness (QED) is 0.873. The van der Waals surface area contributed by atoms with Gasteiger partial charge in [-0.1, -0.05) is 43.2 Å². The molecule has 3 nitrogen and oxygen atoms in total. The van der Waals surface area contributed by atoms with Crippen LogP contribution in [0, 0.1) is 5.41 Å². The molecule has 0 radical (unpaired) electrons. The van der Waals surface area contributed by atoms with Crippen LogP contribution in [-0.2, 0) is 11.2 Å². The maximum Gasteiger partial charge on any atom is 0.237 e. The van der Waals surface area contributed by atoms with Crippen molar-refractivity contribution in [2.45, 2.75) is 51.0 Å². The fourth-order valence-electron chi connectivity index (χ4n) is 3.88. The van der Waals surface area contributed by atoms with Gasteiger partial charge in [-0.05, 0) is 49.6 Å². The first-order valence-corrected chi connectivity index (χ1v) is 8.33. The second-order valence-electron chi connectivity index (χ2n) is 6.74. The van der Waals surface area contributed by atoms with Crippen LogP contribution in [0.2, 0.25) is 0 Å². The number of hydrogen-bond acceptors (Lipinski definition) is 2. The lowest BCUT2D eigenvalue weighted by molar-refractivity contribution is -0.123. The lowest BCUT2D eigenvalue weighted by Crippen LogP contribution is -2.45. The number of rotatable bonds is 5. The first-order chi connectivity index (χ1) is 10.3. The fourth-order valence-corrected chi connectivity index (χ4v) is 3.88. The highest BCUT2D eigenvalue weighted by molar-refractivity contribution is 5.82. The second-order valence-corrected chi connectivity index (χ2v) is 6.74. The van der Waals surface area contributed by atoms with Crippen LogP contribution in [0.15, 0.2) is 30.3 Å². The largest absolute Gasteiger partial charge is 0.354 e. The van der Waals surface area contributed by atoms with Crippen LogP contribution in [0.25, 0.3) is 0 Å². The number of nitrogens with one attached hydrogen (secondary N) is 2. The monoisotopic (exact) mass is 286 g/mol. The van der Waals surface area contributed by atoms with Crippen LogP contribution < -0.4 is 10.6 Å². The summed E-state index contributed by atoms with van der Waals surface area (Å²) < 4.78 is 0. The third-order valence-electron chi connectivity index (χ3n) is 5.10. The van der Waals surface area contributed by atoms with E-state index in [2.05, 4.69) is 41.0 Å². The first-order valence-electron chi connectivity index (χ1n) is 8.33. The molecular formula is C18H26N2O. The molecule has 0 aromatic heterocycles. The molecule has 21 heavy (non-hydrogen) atoms. The summed E-state index contributed by atoms with van der Waals surface area (Å²) in [6, 6.07) is 10.7. The number of hydrogen-bond donors (Lipinski definition) is 2. The molecule has 1 atom stereocenters. The van der Waals surface area contributed by atoms with Gasteiger partial charge in [0.25, 0.3) is 0 Å². The van der Waals surface area contributed by atoms with Crippen molar-refractivity contribution in [3.05, 3.63) is 35.9 Å². The zero-order chi connectivity index (χ0) is 14.5. The molecule has 2 N–H and O–H groups in total. The van der Waals surface area contributed by atoms with Gasteiger partial charge in [0.15, 0.2) is 0 Å². The molecule has 1 saturated carbocycles. The Kier molecular flexibility index (Phi) is 4.59. The van der Waals surface area contributed by atoms with Gasteiger partial charge in [-0.2, -0.15) is 0 Å². The van der Waals surface area contributed by atoms with Crippen LogP contribution in [-0.4, -0.2) is 25.0 Å². The van der Waals surface area contributed by atoms with Crippen molar-refractivity contribution >= 4 is 5.91 Å². The molecule has 1 aromatic carbocycles. The van der Waals surface area contributed by atoms with Crippen molar-refractivity contribution < 1.29 is 4.79 Å². The minimum absolute atomic E-state index is 0.0418. The maximum absolute atomic E-state index is 12.2. The van der Waals surface area contributed by atoms with Crippen molar-refractivity contribution in [3.63, 3.8) is 0 Å². The van der Waals surface area contributed by atoms with Crippen molar-refractivity contribution in [3.8, 4) is 0 Å². The smallest absolute Gasteiger partial charge is 0.237 e. The fraction of sp³-hybridized carbons (Fsp3) is 0.611. The Hall–Kier alpha value is -1.35. The predicted molar refractivity (Wildman–Crippen MR) is 85.1 cm³/mol. The van der Waals surface area contributed by atoms with E-state index in [1.54, 1.807) is 0 Å². The molecule has 2 fully saturated rings. The highest BCUT2D eigenvalue weighted by atomic mass is 16.2. The molecule has 2 aliphatic rings. The van der Waals surface area contributed by atoms with Gasteiger partial charge < -0.3 is 10.6 Å². The van der Waals surface area contributed by atoms with Gasteiger partial charge in [-0.3, -0.25) is 4.79 Å². The van der Waals surface area contributed by atoms with E-state index in [0.29, 0.717) is 0 Å². The molecule has 1 aliphatic carbocycles. The third kappa shape index (κ3) is 3.65. The van der Waals surface area contributed by atoms with Crippen LogP contribution >= 0.6 is 0 Å². The third-order valence-corrected chi connectivity index (χ3v) is 5.10. The van der Waals surface area contributed by atoms with E-state index in [1.807, 2.05) is 0 Å². The Morgan fingerprint density at radius 3 is 2.62 bits per heavy atom. The van der Waals surface area contributed by atoms with Gasteiger partial charge in [-0.15, -0.1) is 0 Å². The average molecular weight is 286 g/mol. The molecule has 1 aromatic rings. The van der Waals surface area contributed by atoms with Crippen LogP contribution in [0.1, 0.15) is 44.1 Å². The Morgan fingerprint density at radius 2 is 1.95 bits per heavy atom. The molecule has 1 saturated heterocycles. The van der Waals surface area contributed by atoms with Crippen molar-refractivity contribution in [2.24, 2.45) is 5.41 Å². The summed E-state index contributed by atoms with van der Waals surface area (Å²) in [6.45, 7) is 1.81. The zero-order valence-corrected chi connectivity index (χ0v) is 12.7. The van der Waals surface area contributed by atoms with Crippen LogP contribution in [0.4, 0.5) is 0 Å². The molecule has 1 amide bonds. The maximum atomic E-state index is 12.2. The van der Waals surface area contributed by atoms with Crippen molar-refractivity contribution in [1.82, 2.24) is 10.6 Å². The average Bonchev–Trinajstić information content (AvgIpc) is 3.18. The van der Waals surface area contributed by atoms with Gasteiger partial charge in [0.05, 0.1) is 6.04 Å². The summed E-state index contributed by atoms with van der Waals surface area (Å²) in [5.41, 5.74) is 1.67. The van der Waals surface area contributed by atoms with Crippen LogP contribution in [0.3, 0.4) is 0 Å². The molecule has 0 spiro atoms. The van der Waals surface area contributed by atoms with E-state index in [-0.39, 0.29) is 17.4 Å². The highest BCUT2D eigenvalue weighted by Crippen LogP contribution is 2.40. The molecule has 3 heteroatoms. The van der Waals surface area contributed by atoms with E-state index in [1.165, 1.54) is 31.2 Å². The number of amides is 1. The standard InChI is InChI=1S/C18H26N2O/c21-17(16-9-6-12-19-16)20-14-18(10-4-5-11-18)13-15-7-2-1-3-8-15/h1-3,7-8,16,19H,4-6,9-14H2,(H,20,21). The second kappa shape index (κ2) is 6.61. The predicted octanol–water partition coefficient (Wildman–Crippen LogP) is 2.66. The number of carbonyl (C=O) groups is 1. The van der Waals surface area contributed by atoms with Gasteiger partial charge >= 0.3 is 0 Å². The van der Waals surface area contributed by atoms with E-state index in [0.717, 1.165) is 32.4 Å². The molecule has 0 bridgehead atoms. The Morgan fingerprint density at radius 1 is 1.19 bits per heavy atom. The Bertz CT molecular complexity index is 459. The molecule has 1 unspecified atom stereocenters. The summed E-state index contributed by atoms with van der Waals surface area (Å²) in [6.07, 6.45) is 8.26. The summed E-state index contributed by atoms with van der Waals surface area (Å²) in [5, 5.41) is 6.51. The highest BCUT2D eigenvalue weighted by Gasteiger charge is 2.35. The zero-order valence-electron chi connectivity index (χ0n) is 12.7. The normalized spacial score (nSPS) is 24.1. The van der Waals surface area contributed by atoms with Gasteiger partial charge in [0.2, 0.25) is 5.91 Å². The molecule has 1 aliphatic heterocycles. The van der Waals surface area contributed by atoms with Gasteiger partial charge in [0, 0.05) is 6.54 Å². The van der Waals surface area contributed by atoms with Crippen LogP contribution in [0.5, 0.6) is 0 Å². The Balaban J connectivity index is 1.60.